The van der Waals surface area contributed by atoms with Crippen molar-refractivity contribution in [1.29, 1.82) is 0 Å². The number of aliphatic imine (C=N–C) groups is 1. The maximum absolute atomic E-state index is 13.8. The number of halogens is 1. The molecule has 3 aromatic rings. The van der Waals surface area contributed by atoms with E-state index in [2.05, 4.69) is 20.2 Å². The first-order valence-corrected chi connectivity index (χ1v) is 7.92. The Hall–Kier alpha value is -3.29. The molecule has 26 heavy (non-hydrogen) atoms. The summed E-state index contributed by atoms with van der Waals surface area (Å²) in [6.07, 6.45) is 2.77. The average Bonchev–Trinajstić information content (AvgIpc) is 3.28. The molecule has 0 N–H and O–H groups in total. The second-order valence-corrected chi connectivity index (χ2v) is 5.71. The Balaban J connectivity index is 1.54. The molecule has 0 radical (unpaired) electrons. The topological polar surface area (TPSA) is 82.6 Å². The van der Waals surface area contributed by atoms with Crippen LogP contribution in [0.3, 0.4) is 0 Å². The second-order valence-electron chi connectivity index (χ2n) is 5.71. The fourth-order valence-electron chi connectivity index (χ4n) is 2.82. The number of hydrogen-bond acceptors (Lipinski definition) is 7. The Bertz CT molecular complexity index is 1000. The van der Waals surface area contributed by atoms with Crippen molar-refractivity contribution in [3.8, 4) is 23.1 Å². The van der Waals surface area contributed by atoms with E-state index in [0.29, 0.717) is 30.2 Å². The van der Waals surface area contributed by atoms with Crippen LogP contribution in [0.5, 0.6) is 11.6 Å². The molecule has 1 aromatic carbocycles. The number of methoxy groups -OCH3 is 2. The van der Waals surface area contributed by atoms with E-state index in [9.17, 15) is 4.39 Å². The predicted octanol–water partition coefficient (Wildman–Crippen LogP) is 3.16. The van der Waals surface area contributed by atoms with E-state index in [0.717, 1.165) is 17.0 Å². The van der Waals surface area contributed by atoms with Crippen molar-refractivity contribution in [3.05, 3.63) is 47.7 Å². The molecule has 1 aliphatic heterocycles. The highest BCUT2D eigenvalue weighted by molar-refractivity contribution is 5.95. The van der Waals surface area contributed by atoms with Crippen molar-refractivity contribution in [1.82, 2.24) is 15.2 Å². The molecule has 132 valence electrons. The maximum atomic E-state index is 13.8. The third-order valence-corrected chi connectivity index (χ3v) is 4.05. The van der Waals surface area contributed by atoms with Gasteiger partial charge >= 0.3 is 0 Å². The number of benzene rings is 1. The van der Waals surface area contributed by atoms with E-state index < -0.39 is 5.82 Å². The second kappa shape index (κ2) is 6.55. The summed E-state index contributed by atoms with van der Waals surface area (Å²) >= 11 is 0. The van der Waals surface area contributed by atoms with E-state index in [1.165, 1.54) is 19.2 Å². The molecule has 0 fully saturated rings. The number of rotatable bonds is 5. The van der Waals surface area contributed by atoms with Crippen molar-refractivity contribution in [3.63, 3.8) is 0 Å². The van der Waals surface area contributed by atoms with E-state index in [1.807, 2.05) is 6.07 Å². The van der Waals surface area contributed by atoms with Crippen LogP contribution in [0.25, 0.3) is 11.5 Å². The van der Waals surface area contributed by atoms with Gasteiger partial charge < -0.3 is 13.9 Å². The van der Waals surface area contributed by atoms with Gasteiger partial charge in [-0.15, -0.1) is 10.2 Å². The van der Waals surface area contributed by atoms with Crippen LogP contribution in [0, 0.1) is 5.82 Å². The van der Waals surface area contributed by atoms with Crippen LogP contribution in [-0.2, 0) is 12.8 Å². The maximum Gasteiger partial charge on any atom is 0.247 e. The van der Waals surface area contributed by atoms with E-state index in [4.69, 9.17) is 13.9 Å². The zero-order valence-electron chi connectivity index (χ0n) is 14.2. The number of aromatic nitrogens is 3. The summed E-state index contributed by atoms with van der Waals surface area (Å²) in [4.78, 5) is 8.71. The third kappa shape index (κ3) is 2.90. The third-order valence-electron chi connectivity index (χ3n) is 4.05. The van der Waals surface area contributed by atoms with Crippen molar-refractivity contribution < 1.29 is 18.3 Å². The molecular weight excluding hydrogens is 339 g/mol. The van der Waals surface area contributed by atoms with Gasteiger partial charge in [0.15, 0.2) is 11.6 Å². The molecule has 2 aromatic heterocycles. The normalized spacial score (nSPS) is 12.7. The average molecular weight is 354 g/mol. The number of pyridine rings is 1. The molecule has 7 nitrogen and oxygen atoms in total. The summed E-state index contributed by atoms with van der Waals surface area (Å²) in [6, 6.07) is 6.40. The molecule has 0 aliphatic carbocycles. The van der Waals surface area contributed by atoms with Gasteiger partial charge in [-0.1, -0.05) is 0 Å². The molecule has 0 amide bonds. The van der Waals surface area contributed by atoms with Crippen molar-refractivity contribution in [2.45, 2.75) is 12.8 Å². The van der Waals surface area contributed by atoms with Crippen molar-refractivity contribution in [2.24, 2.45) is 4.99 Å². The number of nitrogens with zero attached hydrogens (tertiary/aromatic N) is 4. The van der Waals surface area contributed by atoms with E-state index in [1.54, 1.807) is 19.4 Å². The van der Waals surface area contributed by atoms with Gasteiger partial charge in [0.2, 0.25) is 17.7 Å². The van der Waals surface area contributed by atoms with Crippen LogP contribution in [-0.4, -0.2) is 35.1 Å². The minimum Gasteiger partial charge on any atom is -0.494 e. The zero-order chi connectivity index (χ0) is 18.1. The van der Waals surface area contributed by atoms with Crippen molar-refractivity contribution in [2.75, 3.05) is 14.2 Å². The lowest BCUT2D eigenvalue weighted by Gasteiger charge is -2.02. The van der Waals surface area contributed by atoms with Gasteiger partial charge in [-0.05, 0) is 29.8 Å². The minimum atomic E-state index is -0.486. The Morgan fingerprint density at radius 3 is 2.81 bits per heavy atom. The lowest BCUT2D eigenvalue weighted by atomic mass is 10.1. The molecule has 4 rings (SSSR count). The van der Waals surface area contributed by atoms with Gasteiger partial charge in [-0.25, -0.2) is 9.37 Å². The smallest absolute Gasteiger partial charge is 0.247 e. The SMILES string of the molecule is COc1ccc(-c2nnc(CC3=Nc4c(ccnc4OC)C3)o2)cc1F. The zero-order valence-corrected chi connectivity index (χ0v) is 14.2. The Labute approximate surface area is 148 Å². The summed E-state index contributed by atoms with van der Waals surface area (Å²) in [7, 11) is 2.97. The molecular formula is C18H15FN4O3. The van der Waals surface area contributed by atoms with Crippen LogP contribution < -0.4 is 9.47 Å². The predicted molar refractivity (Wildman–Crippen MR) is 91.5 cm³/mol. The fourth-order valence-corrected chi connectivity index (χ4v) is 2.82. The Kier molecular flexibility index (Phi) is 4.08. The molecule has 0 saturated carbocycles. The summed E-state index contributed by atoms with van der Waals surface area (Å²) in [5, 5.41) is 8.03. The van der Waals surface area contributed by atoms with Crippen LogP contribution in [0.4, 0.5) is 10.1 Å². The van der Waals surface area contributed by atoms with Crippen LogP contribution in [0.1, 0.15) is 11.5 Å². The van der Waals surface area contributed by atoms with Crippen LogP contribution in [0.2, 0.25) is 0 Å². The monoisotopic (exact) mass is 354 g/mol. The van der Waals surface area contributed by atoms with Crippen LogP contribution in [0.15, 0.2) is 39.9 Å². The summed E-state index contributed by atoms with van der Waals surface area (Å²) in [6.45, 7) is 0. The number of ether oxygens (including phenoxy) is 2. The highest BCUT2D eigenvalue weighted by Crippen LogP contribution is 2.34. The molecule has 0 unspecified atom stereocenters. The molecule has 0 saturated heterocycles. The standard InChI is InChI=1S/C18H15FN4O3/c1-24-14-4-3-11(8-13(14)19)17-23-22-15(26-17)9-12-7-10-5-6-20-18(25-2)16(10)21-12/h3-6,8H,7,9H2,1-2H3. The molecule has 1 aliphatic rings. The highest BCUT2D eigenvalue weighted by atomic mass is 19.1. The summed E-state index contributed by atoms with van der Waals surface area (Å²) in [5.41, 5.74) is 3.15. The molecule has 0 bridgehead atoms. The van der Waals surface area contributed by atoms with E-state index in [-0.39, 0.29) is 11.6 Å². The first-order valence-electron chi connectivity index (χ1n) is 7.92. The molecule has 8 heteroatoms. The van der Waals surface area contributed by atoms with Gasteiger partial charge in [-0.2, -0.15) is 0 Å². The van der Waals surface area contributed by atoms with Gasteiger partial charge in [0.05, 0.1) is 20.6 Å². The quantitative estimate of drug-likeness (QED) is 0.700. The molecule has 0 atom stereocenters. The van der Waals surface area contributed by atoms with Gasteiger partial charge in [0.25, 0.3) is 0 Å². The lowest BCUT2D eigenvalue weighted by molar-refractivity contribution is 0.386. The number of fused-ring (bicyclic) bond motifs is 1. The fraction of sp³-hybridized carbons (Fsp3) is 0.222. The highest BCUT2D eigenvalue weighted by Gasteiger charge is 2.21. The largest absolute Gasteiger partial charge is 0.494 e. The lowest BCUT2D eigenvalue weighted by Crippen LogP contribution is -2.02. The van der Waals surface area contributed by atoms with Crippen molar-refractivity contribution >= 4 is 11.4 Å². The van der Waals surface area contributed by atoms with E-state index >= 15 is 0 Å². The summed E-state index contributed by atoms with van der Waals surface area (Å²) in [5.74, 6) is 0.832. The summed E-state index contributed by atoms with van der Waals surface area (Å²) < 4.78 is 29.6. The Morgan fingerprint density at radius 2 is 2.04 bits per heavy atom. The van der Waals surface area contributed by atoms with Gasteiger partial charge in [0, 0.05) is 23.9 Å². The first kappa shape index (κ1) is 16.2. The van der Waals surface area contributed by atoms with Gasteiger partial charge in [0.1, 0.15) is 5.69 Å². The molecule has 0 spiro atoms. The first-order chi connectivity index (χ1) is 12.7. The number of hydrogen-bond donors (Lipinski definition) is 0. The van der Waals surface area contributed by atoms with Crippen LogP contribution >= 0.6 is 0 Å². The van der Waals surface area contributed by atoms with Gasteiger partial charge in [-0.3, -0.25) is 4.99 Å². The molecule has 3 heterocycles. The Morgan fingerprint density at radius 1 is 1.15 bits per heavy atom. The minimum absolute atomic E-state index is 0.161.